The molecule has 1 fully saturated rings. The van der Waals surface area contributed by atoms with Crippen molar-refractivity contribution in [1.82, 2.24) is 20.4 Å². The number of carbonyl (C=O) groups is 1. The summed E-state index contributed by atoms with van der Waals surface area (Å²) < 4.78 is 4.79. The highest BCUT2D eigenvalue weighted by Crippen LogP contribution is 2.10. The van der Waals surface area contributed by atoms with E-state index in [2.05, 4.69) is 27.4 Å². The molecule has 2 rings (SSSR count). The van der Waals surface area contributed by atoms with Crippen molar-refractivity contribution < 1.29 is 9.32 Å². The standard InChI is InChI=1S/C11H18N4O2/c1-8-12-10(14-17-8)11(16)13-9-4-3-6-15(2)7-5-9/h9H,3-7H2,1-2H3,(H,13,16). The molecule has 94 valence electrons. The van der Waals surface area contributed by atoms with Gasteiger partial charge in [0.15, 0.2) is 0 Å². The zero-order valence-corrected chi connectivity index (χ0v) is 10.3. The van der Waals surface area contributed by atoms with Crippen LogP contribution in [0.2, 0.25) is 0 Å². The monoisotopic (exact) mass is 238 g/mol. The first-order valence-electron chi connectivity index (χ1n) is 5.95. The lowest BCUT2D eigenvalue weighted by molar-refractivity contribution is 0.0920. The molecule has 6 heteroatoms. The van der Waals surface area contributed by atoms with Gasteiger partial charge < -0.3 is 14.7 Å². The van der Waals surface area contributed by atoms with Crippen molar-refractivity contribution in [2.75, 3.05) is 20.1 Å². The predicted octanol–water partition coefficient (Wildman–Crippen LogP) is 0.592. The summed E-state index contributed by atoms with van der Waals surface area (Å²) in [6.07, 6.45) is 3.08. The Bertz CT molecular complexity index is 391. The van der Waals surface area contributed by atoms with Crippen molar-refractivity contribution in [3.8, 4) is 0 Å². The average Bonchev–Trinajstić information content (AvgIpc) is 2.62. The topological polar surface area (TPSA) is 71.3 Å². The van der Waals surface area contributed by atoms with E-state index in [9.17, 15) is 4.79 Å². The first kappa shape index (κ1) is 12.0. The van der Waals surface area contributed by atoms with Crippen LogP contribution in [-0.2, 0) is 0 Å². The van der Waals surface area contributed by atoms with Gasteiger partial charge in [-0.15, -0.1) is 0 Å². The molecule has 1 N–H and O–H groups in total. The molecule has 0 saturated carbocycles. The van der Waals surface area contributed by atoms with Gasteiger partial charge >= 0.3 is 0 Å². The minimum Gasteiger partial charge on any atom is -0.346 e. The van der Waals surface area contributed by atoms with E-state index in [1.54, 1.807) is 6.92 Å². The van der Waals surface area contributed by atoms with Crippen molar-refractivity contribution in [3.63, 3.8) is 0 Å². The number of aromatic nitrogens is 2. The van der Waals surface area contributed by atoms with Crippen LogP contribution < -0.4 is 5.32 Å². The van der Waals surface area contributed by atoms with Crippen LogP contribution in [0.25, 0.3) is 0 Å². The average molecular weight is 238 g/mol. The summed E-state index contributed by atoms with van der Waals surface area (Å²) in [6, 6.07) is 0.214. The second kappa shape index (κ2) is 5.27. The number of aryl methyl sites for hydroxylation is 1. The Balaban J connectivity index is 1.90. The Morgan fingerprint density at radius 1 is 1.47 bits per heavy atom. The highest BCUT2D eigenvalue weighted by molar-refractivity contribution is 5.90. The molecule has 0 radical (unpaired) electrons. The maximum Gasteiger partial charge on any atom is 0.292 e. The van der Waals surface area contributed by atoms with Crippen molar-refractivity contribution >= 4 is 5.91 Å². The quantitative estimate of drug-likeness (QED) is 0.816. The number of amides is 1. The Kier molecular flexibility index (Phi) is 3.73. The Hall–Kier alpha value is -1.43. The molecule has 1 amide bonds. The van der Waals surface area contributed by atoms with Crippen LogP contribution in [0.15, 0.2) is 4.52 Å². The molecule has 1 aromatic rings. The number of hydrogen-bond acceptors (Lipinski definition) is 5. The molecule has 1 aliphatic rings. The molecule has 0 bridgehead atoms. The van der Waals surface area contributed by atoms with Crippen LogP contribution in [-0.4, -0.2) is 47.1 Å². The minimum atomic E-state index is -0.239. The zero-order valence-electron chi connectivity index (χ0n) is 10.3. The van der Waals surface area contributed by atoms with E-state index < -0.39 is 0 Å². The number of nitrogens with one attached hydrogen (secondary N) is 1. The van der Waals surface area contributed by atoms with E-state index in [4.69, 9.17) is 4.52 Å². The molecule has 2 heterocycles. The molecule has 6 nitrogen and oxygen atoms in total. The smallest absolute Gasteiger partial charge is 0.292 e. The molecule has 1 unspecified atom stereocenters. The molecule has 1 saturated heterocycles. The van der Waals surface area contributed by atoms with Crippen LogP contribution in [0, 0.1) is 6.92 Å². The molecule has 0 spiro atoms. The Morgan fingerprint density at radius 2 is 2.29 bits per heavy atom. The van der Waals surface area contributed by atoms with Crippen LogP contribution in [0.4, 0.5) is 0 Å². The molecule has 1 aromatic heterocycles. The van der Waals surface area contributed by atoms with Crippen LogP contribution >= 0.6 is 0 Å². The molecule has 1 atom stereocenters. The highest BCUT2D eigenvalue weighted by atomic mass is 16.5. The third-order valence-corrected chi connectivity index (χ3v) is 3.02. The summed E-state index contributed by atoms with van der Waals surface area (Å²) >= 11 is 0. The summed E-state index contributed by atoms with van der Waals surface area (Å²) in [7, 11) is 2.10. The van der Waals surface area contributed by atoms with Crippen molar-refractivity contribution in [1.29, 1.82) is 0 Å². The van der Waals surface area contributed by atoms with Gasteiger partial charge in [0, 0.05) is 13.0 Å². The molecule has 17 heavy (non-hydrogen) atoms. The van der Waals surface area contributed by atoms with Crippen molar-refractivity contribution in [2.24, 2.45) is 0 Å². The van der Waals surface area contributed by atoms with Gasteiger partial charge in [0.1, 0.15) is 0 Å². The van der Waals surface area contributed by atoms with Crippen molar-refractivity contribution in [2.45, 2.75) is 32.2 Å². The number of carbonyl (C=O) groups excluding carboxylic acids is 1. The SMILES string of the molecule is Cc1nc(C(=O)NC2CCCN(C)CC2)no1. The summed E-state index contributed by atoms with van der Waals surface area (Å²) in [5, 5.41) is 6.57. The minimum absolute atomic E-state index is 0.125. The lowest BCUT2D eigenvalue weighted by Crippen LogP contribution is -2.36. The molecular weight excluding hydrogens is 220 g/mol. The first-order chi connectivity index (χ1) is 8.15. The maximum atomic E-state index is 11.8. The fraction of sp³-hybridized carbons (Fsp3) is 0.727. The number of likely N-dealkylation sites (tertiary alicyclic amines) is 1. The van der Waals surface area contributed by atoms with Gasteiger partial charge in [0.2, 0.25) is 5.89 Å². The zero-order chi connectivity index (χ0) is 12.3. The summed E-state index contributed by atoms with van der Waals surface area (Å²) in [4.78, 5) is 18.0. The summed E-state index contributed by atoms with van der Waals surface area (Å²) in [5.74, 6) is 0.298. The fourth-order valence-corrected chi connectivity index (χ4v) is 2.03. The highest BCUT2D eigenvalue weighted by Gasteiger charge is 2.20. The normalized spacial score (nSPS) is 22.1. The van der Waals surface area contributed by atoms with Gasteiger partial charge in [0.25, 0.3) is 11.7 Å². The van der Waals surface area contributed by atoms with Gasteiger partial charge in [-0.25, -0.2) is 0 Å². The Labute approximate surface area is 100 Å². The Morgan fingerprint density at radius 3 is 3.00 bits per heavy atom. The first-order valence-corrected chi connectivity index (χ1v) is 5.95. The van der Waals surface area contributed by atoms with E-state index in [1.807, 2.05) is 0 Å². The van der Waals surface area contributed by atoms with Crippen LogP contribution in [0.5, 0.6) is 0 Å². The molecule has 0 aliphatic carbocycles. The van der Waals surface area contributed by atoms with Gasteiger partial charge in [-0.1, -0.05) is 5.16 Å². The summed E-state index contributed by atoms with van der Waals surface area (Å²) in [5.41, 5.74) is 0. The number of hydrogen-bond donors (Lipinski definition) is 1. The van der Waals surface area contributed by atoms with E-state index in [0.29, 0.717) is 5.89 Å². The second-order valence-electron chi connectivity index (χ2n) is 4.54. The third kappa shape index (κ3) is 3.26. The predicted molar refractivity (Wildman–Crippen MR) is 61.6 cm³/mol. The van der Waals surface area contributed by atoms with Gasteiger partial charge in [0.05, 0.1) is 0 Å². The van der Waals surface area contributed by atoms with E-state index >= 15 is 0 Å². The largest absolute Gasteiger partial charge is 0.346 e. The summed E-state index contributed by atoms with van der Waals surface area (Å²) in [6.45, 7) is 3.77. The molecule has 0 aromatic carbocycles. The van der Waals surface area contributed by atoms with E-state index in [-0.39, 0.29) is 17.8 Å². The molecular formula is C11H18N4O2. The van der Waals surface area contributed by atoms with Crippen molar-refractivity contribution in [3.05, 3.63) is 11.7 Å². The fourth-order valence-electron chi connectivity index (χ4n) is 2.03. The van der Waals surface area contributed by atoms with Crippen LogP contribution in [0.1, 0.15) is 35.8 Å². The van der Waals surface area contributed by atoms with Gasteiger partial charge in [-0.3, -0.25) is 4.79 Å². The van der Waals surface area contributed by atoms with Gasteiger partial charge in [-0.2, -0.15) is 4.98 Å². The van der Waals surface area contributed by atoms with Crippen LogP contribution in [0.3, 0.4) is 0 Å². The maximum absolute atomic E-state index is 11.8. The number of nitrogens with zero attached hydrogens (tertiary/aromatic N) is 3. The van der Waals surface area contributed by atoms with E-state index in [1.165, 1.54) is 0 Å². The van der Waals surface area contributed by atoms with E-state index in [0.717, 1.165) is 32.4 Å². The second-order valence-corrected chi connectivity index (χ2v) is 4.54. The third-order valence-electron chi connectivity index (χ3n) is 3.02. The lowest BCUT2D eigenvalue weighted by Gasteiger charge is -2.15. The van der Waals surface area contributed by atoms with Gasteiger partial charge in [-0.05, 0) is 39.4 Å². The number of rotatable bonds is 2. The molecule has 1 aliphatic heterocycles. The lowest BCUT2D eigenvalue weighted by atomic mass is 10.1.